The third-order valence-corrected chi connectivity index (χ3v) is 6.81. The van der Waals surface area contributed by atoms with E-state index in [-0.39, 0.29) is 60.9 Å². The highest BCUT2D eigenvalue weighted by Gasteiger charge is 2.41. The Labute approximate surface area is 209 Å². The number of likely N-dealkylation sites (tertiary alicyclic amines) is 1. The number of benzene rings is 1. The van der Waals surface area contributed by atoms with E-state index in [1.165, 1.54) is 24.3 Å². The van der Waals surface area contributed by atoms with E-state index < -0.39 is 28.6 Å². The molecule has 1 aromatic heterocycles. The van der Waals surface area contributed by atoms with Gasteiger partial charge in [0.15, 0.2) is 0 Å². The topological polar surface area (TPSA) is 119 Å². The van der Waals surface area contributed by atoms with E-state index >= 15 is 0 Å². The van der Waals surface area contributed by atoms with Gasteiger partial charge in [-0.3, -0.25) is 15.0 Å². The fourth-order valence-electron chi connectivity index (χ4n) is 5.05. The number of rotatable bonds is 8. The van der Waals surface area contributed by atoms with Crippen molar-refractivity contribution in [2.45, 2.75) is 63.4 Å². The number of anilines is 2. The number of nitro groups is 1. The van der Waals surface area contributed by atoms with E-state index in [1.54, 1.807) is 0 Å². The molecule has 9 nitrogen and oxygen atoms in total. The molecule has 1 aromatic carbocycles. The summed E-state index contributed by atoms with van der Waals surface area (Å²) in [4.78, 5) is 21.0. The molecule has 1 saturated carbocycles. The molecule has 14 heteroatoms. The van der Waals surface area contributed by atoms with E-state index in [9.17, 15) is 32.1 Å². The highest BCUT2D eigenvalue weighted by molar-refractivity contribution is 5.58. The van der Waals surface area contributed by atoms with Crippen LogP contribution in [0.3, 0.4) is 0 Å². The normalized spacial score (nSPS) is 22.1. The number of aromatic nitrogens is 2. The van der Waals surface area contributed by atoms with E-state index in [0.29, 0.717) is 32.2 Å². The molecule has 2 fully saturated rings. The summed E-state index contributed by atoms with van der Waals surface area (Å²) in [6.45, 7) is -0.0145. The molecule has 0 radical (unpaired) electrons. The minimum atomic E-state index is -4.87. The van der Waals surface area contributed by atoms with Gasteiger partial charge in [0.1, 0.15) is 11.4 Å². The first-order valence-electron chi connectivity index (χ1n) is 11.9. The molecule has 2 aromatic rings. The van der Waals surface area contributed by atoms with Gasteiger partial charge >= 0.3 is 12.0 Å². The van der Waals surface area contributed by atoms with E-state index in [2.05, 4.69) is 20.0 Å². The zero-order valence-electron chi connectivity index (χ0n) is 19.8. The molecular weight excluding hydrogens is 503 g/mol. The number of nitrogens with one attached hydrogen (secondary N) is 1. The van der Waals surface area contributed by atoms with Crippen LogP contribution in [0.25, 0.3) is 0 Å². The minimum Gasteiger partial charge on any atom is -0.405 e. The van der Waals surface area contributed by atoms with Crippen LogP contribution in [0.15, 0.2) is 24.3 Å². The second kappa shape index (κ2) is 10.6. The molecule has 4 rings (SSSR count). The number of hydrogen-bond donors (Lipinski definition) is 2. The first-order chi connectivity index (χ1) is 17.4. The Bertz CT molecular complexity index is 1120. The predicted molar refractivity (Wildman–Crippen MR) is 124 cm³/mol. The Hall–Kier alpha value is -3.29. The van der Waals surface area contributed by atoms with Gasteiger partial charge < -0.3 is 15.8 Å². The maximum Gasteiger partial charge on any atom is 0.573 e. The highest BCUT2D eigenvalue weighted by atomic mass is 19.4. The van der Waals surface area contributed by atoms with E-state index in [0.717, 1.165) is 0 Å². The fraction of sp³-hybridized carbons (Fsp3) is 0.565. The van der Waals surface area contributed by atoms with Crippen LogP contribution in [-0.2, 0) is 13.0 Å². The highest BCUT2D eigenvalue weighted by Crippen LogP contribution is 2.37. The smallest absolute Gasteiger partial charge is 0.405 e. The molecule has 1 aliphatic carbocycles. The van der Waals surface area contributed by atoms with Crippen LogP contribution in [0.4, 0.5) is 39.4 Å². The van der Waals surface area contributed by atoms with Gasteiger partial charge in [0.2, 0.25) is 11.8 Å². The number of nitrogen functional groups attached to an aromatic ring is 1. The van der Waals surface area contributed by atoms with Crippen molar-refractivity contribution in [1.29, 1.82) is 0 Å². The SMILES string of the molecule is Nc1nc(NCc2ccccc2OC(F)(F)F)nc(CC2CCC(N3CCC(F)(F)C3)CC2)c1[N+](=O)[O-]. The third kappa shape index (κ3) is 6.93. The molecular formula is C23H27F5N6O3. The molecule has 0 amide bonds. The average Bonchev–Trinajstić information content (AvgIpc) is 3.17. The van der Waals surface area contributed by atoms with E-state index in [4.69, 9.17) is 5.73 Å². The van der Waals surface area contributed by atoms with Gasteiger partial charge in [-0.1, -0.05) is 18.2 Å². The largest absolute Gasteiger partial charge is 0.573 e. The standard InChI is InChI=1S/C23H27F5N6O3/c24-22(25)9-10-33(13-22)16-7-5-14(6-8-16)11-17-19(34(35)36)20(29)32-21(31-17)30-12-15-3-1-2-4-18(15)37-23(26,27)28/h1-4,14,16H,5-13H2,(H3,29,30,31,32). The van der Waals surface area contributed by atoms with Crippen LogP contribution in [0.1, 0.15) is 43.4 Å². The summed E-state index contributed by atoms with van der Waals surface area (Å²) < 4.78 is 69.3. The number of para-hydroxylation sites is 1. The van der Waals surface area contributed by atoms with Crippen molar-refractivity contribution in [2.75, 3.05) is 24.1 Å². The number of nitrogens with zero attached hydrogens (tertiary/aromatic N) is 4. The molecule has 1 aliphatic heterocycles. The lowest BCUT2D eigenvalue weighted by Gasteiger charge is -2.34. The van der Waals surface area contributed by atoms with Crippen molar-refractivity contribution in [3.05, 3.63) is 45.6 Å². The summed E-state index contributed by atoms with van der Waals surface area (Å²) >= 11 is 0. The van der Waals surface area contributed by atoms with Gasteiger partial charge in [-0.05, 0) is 44.1 Å². The molecule has 0 bridgehead atoms. The van der Waals surface area contributed by atoms with Crippen molar-refractivity contribution < 1.29 is 31.6 Å². The number of ether oxygens (including phenoxy) is 1. The summed E-state index contributed by atoms with van der Waals surface area (Å²) in [5, 5.41) is 14.4. The van der Waals surface area contributed by atoms with Crippen LogP contribution in [0.5, 0.6) is 5.75 Å². The second-order valence-corrected chi connectivity index (χ2v) is 9.45. The lowest BCUT2D eigenvalue weighted by Crippen LogP contribution is -2.38. The monoisotopic (exact) mass is 530 g/mol. The Morgan fingerprint density at radius 3 is 2.51 bits per heavy atom. The lowest BCUT2D eigenvalue weighted by molar-refractivity contribution is -0.385. The molecule has 2 aliphatic rings. The summed E-state index contributed by atoms with van der Waals surface area (Å²) in [5.74, 6) is -3.43. The molecule has 0 atom stereocenters. The lowest BCUT2D eigenvalue weighted by atomic mass is 9.82. The number of hydrogen-bond acceptors (Lipinski definition) is 8. The third-order valence-electron chi connectivity index (χ3n) is 6.81. The van der Waals surface area contributed by atoms with Crippen LogP contribution in [-0.4, -0.2) is 51.2 Å². The van der Waals surface area contributed by atoms with Crippen molar-refractivity contribution in [2.24, 2.45) is 5.92 Å². The molecule has 3 N–H and O–H groups in total. The molecule has 2 heterocycles. The Balaban J connectivity index is 1.44. The summed E-state index contributed by atoms with van der Waals surface area (Å²) in [7, 11) is 0. The predicted octanol–water partition coefficient (Wildman–Crippen LogP) is 4.92. The maximum absolute atomic E-state index is 13.6. The Morgan fingerprint density at radius 2 is 1.89 bits per heavy atom. The number of nitrogens with two attached hydrogens (primary N) is 1. The van der Waals surface area contributed by atoms with Crippen molar-refractivity contribution in [1.82, 2.24) is 14.9 Å². The zero-order valence-corrected chi connectivity index (χ0v) is 19.8. The average molecular weight is 530 g/mol. The maximum atomic E-state index is 13.6. The van der Waals surface area contributed by atoms with Crippen LogP contribution in [0.2, 0.25) is 0 Å². The van der Waals surface area contributed by atoms with Crippen LogP contribution < -0.4 is 15.8 Å². The summed E-state index contributed by atoms with van der Waals surface area (Å²) in [6.07, 6.45) is -1.97. The van der Waals surface area contributed by atoms with Gasteiger partial charge in [0.25, 0.3) is 5.92 Å². The second-order valence-electron chi connectivity index (χ2n) is 9.45. The van der Waals surface area contributed by atoms with Crippen molar-refractivity contribution in [3.63, 3.8) is 0 Å². The van der Waals surface area contributed by atoms with Crippen molar-refractivity contribution in [3.8, 4) is 5.75 Å². The van der Waals surface area contributed by atoms with Gasteiger partial charge in [0, 0.05) is 31.1 Å². The number of alkyl halides is 5. The Kier molecular flexibility index (Phi) is 7.67. The van der Waals surface area contributed by atoms with E-state index in [1.807, 2.05) is 4.90 Å². The number of halogens is 5. The quantitative estimate of drug-likeness (QED) is 0.280. The van der Waals surface area contributed by atoms with Crippen molar-refractivity contribution >= 4 is 17.5 Å². The van der Waals surface area contributed by atoms with Gasteiger partial charge in [0.05, 0.1) is 11.5 Å². The minimum absolute atomic E-state index is 0.0427. The fourth-order valence-corrected chi connectivity index (χ4v) is 5.05. The molecule has 0 unspecified atom stereocenters. The zero-order chi connectivity index (χ0) is 26.8. The van der Waals surface area contributed by atoms with Crippen LogP contribution >= 0.6 is 0 Å². The molecule has 1 saturated heterocycles. The summed E-state index contributed by atoms with van der Waals surface area (Å²) in [5.41, 5.74) is 5.74. The Morgan fingerprint density at radius 1 is 1.19 bits per heavy atom. The summed E-state index contributed by atoms with van der Waals surface area (Å²) in [6, 6.07) is 5.59. The van der Waals surface area contributed by atoms with Gasteiger partial charge in [-0.15, -0.1) is 13.2 Å². The van der Waals surface area contributed by atoms with Gasteiger partial charge in [-0.25, -0.2) is 13.8 Å². The molecule has 202 valence electrons. The first kappa shape index (κ1) is 26.8. The molecule has 37 heavy (non-hydrogen) atoms. The van der Waals surface area contributed by atoms with Crippen LogP contribution in [0, 0.1) is 16.0 Å². The first-order valence-corrected chi connectivity index (χ1v) is 11.9. The molecule has 0 spiro atoms. The van der Waals surface area contributed by atoms with Gasteiger partial charge in [-0.2, -0.15) is 4.98 Å².